The van der Waals surface area contributed by atoms with Crippen molar-refractivity contribution < 1.29 is 19.4 Å². The van der Waals surface area contributed by atoms with Crippen molar-refractivity contribution in [1.82, 2.24) is 9.80 Å². The lowest BCUT2D eigenvalue weighted by atomic mass is 10.1. The summed E-state index contributed by atoms with van der Waals surface area (Å²) in [6, 6.07) is 7.41. The third kappa shape index (κ3) is 4.03. The molecule has 1 aromatic rings. The van der Waals surface area contributed by atoms with Crippen molar-refractivity contribution in [3.63, 3.8) is 0 Å². The normalized spacial score (nSPS) is 18.8. The second kappa shape index (κ2) is 6.69. The molecule has 1 N–H and O–H groups in total. The number of amides is 1. The molecule has 1 aliphatic heterocycles. The van der Waals surface area contributed by atoms with Gasteiger partial charge in [0.25, 0.3) is 5.91 Å². The monoisotopic (exact) mass is 292 g/mol. The Morgan fingerprint density at radius 1 is 1.33 bits per heavy atom. The number of hydrogen-bond donors (Lipinski definition) is 1. The molecule has 21 heavy (non-hydrogen) atoms. The van der Waals surface area contributed by atoms with Crippen LogP contribution < -0.4 is 0 Å². The number of morpholine rings is 1. The maximum Gasteiger partial charge on any atom is 0.334 e. The molecule has 0 radical (unpaired) electrons. The number of hydrogen-bond acceptors (Lipinski definition) is 4. The highest BCUT2D eigenvalue weighted by Crippen LogP contribution is 2.12. The van der Waals surface area contributed by atoms with Gasteiger partial charge in [0.2, 0.25) is 0 Å². The van der Waals surface area contributed by atoms with Crippen molar-refractivity contribution >= 4 is 11.9 Å². The molecule has 1 saturated heterocycles. The van der Waals surface area contributed by atoms with E-state index in [0.29, 0.717) is 12.1 Å². The van der Waals surface area contributed by atoms with E-state index in [1.807, 2.05) is 26.2 Å². The molecule has 1 fully saturated rings. The van der Waals surface area contributed by atoms with Crippen LogP contribution >= 0.6 is 0 Å². The van der Waals surface area contributed by atoms with E-state index in [1.165, 1.54) is 4.90 Å². The summed E-state index contributed by atoms with van der Waals surface area (Å²) in [7, 11) is 3.97. The molecule has 1 atom stereocenters. The third-order valence-electron chi connectivity index (χ3n) is 3.33. The molecule has 2 rings (SSSR count). The maximum absolute atomic E-state index is 12.4. The second-order valence-electron chi connectivity index (χ2n) is 5.38. The summed E-state index contributed by atoms with van der Waals surface area (Å²) in [6.45, 7) is 1.57. The molecule has 0 aromatic heterocycles. The van der Waals surface area contributed by atoms with E-state index in [2.05, 4.69) is 4.90 Å². The fourth-order valence-electron chi connectivity index (χ4n) is 2.28. The highest BCUT2D eigenvalue weighted by atomic mass is 16.5. The van der Waals surface area contributed by atoms with Gasteiger partial charge in [-0.3, -0.25) is 4.79 Å². The Morgan fingerprint density at radius 3 is 2.57 bits per heavy atom. The van der Waals surface area contributed by atoms with Crippen molar-refractivity contribution in [3.8, 4) is 0 Å². The van der Waals surface area contributed by atoms with E-state index in [9.17, 15) is 9.59 Å². The minimum atomic E-state index is -1.03. The molecule has 1 amide bonds. The predicted octanol–water partition coefficient (Wildman–Crippen LogP) is 0.674. The first-order valence-corrected chi connectivity index (χ1v) is 6.84. The summed E-state index contributed by atoms with van der Waals surface area (Å²) in [5, 5.41) is 8.96. The minimum Gasteiger partial charge on any atom is -0.479 e. The van der Waals surface area contributed by atoms with Crippen molar-refractivity contribution in [2.24, 2.45) is 0 Å². The van der Waals surface area contributed by atoms with Crippen molar-refractivity contribution in [2.45, 2.75) is 12.6 Å². The molecule has 0 aliphatic carbocycles. The van der Waals surface area contributed by atoms with Crippen LogP contribution in [0.1, 0.15) is 15.9 Å². The summed E-state index contributed by atoms with van der Waals surface area (Å²) in [4.78, 5) is 26.9. The van der Waals surface area contributed by atoms with E-state index >= 15 is 0 Å². The lowest BCUT2D eigenvalue weighted by Gasteiger charge is -2.31. The fourth-order valence-corrected chi connectivity index (χ4v) is 2.28. The summed E-state index contributed by atoms with van der Waals surface area (Å²) in [5.41, 5.74) is 1.70. The van der Waals surface area contributed by atoms with Crippen LogP contribution in [0.3, 0.4) is 0 Å². The number of carboxylic acid groups (broad SMARTS) is 1. The number of carbonyl (C=O) groups is 2. The molecule has 1 aliphatic rings. The molecule has 0 bridgehead atoms. The van der Waals surface area contributed by atoms with Gasteiger partial charge in [0, 0.05) is 18.7 Å². The van der Waals surface area contributed by atoms with Crippen LogP contribution in [0.15, 0.2) is 24.3 Å². The zero-order valence-corrected chi connectivity index (χ0v) is 12.3. The summed E-state index contributed by atoms with van der Waals surface area (Å²) in [6.07, 6.45) is -0.935. The Balaban J connectivity index is 2.03. The molecule has 114 valence electrons. The van der Waals surface area contributed by atoms with Crippen molar-refractivity contribution in [1.29, 1.82) is 0 Å². The lowest BCUT2D eigenvalue weighted by Crippen LogP contribution is -2.48. The van der Waals surface area contributed by atoms with Gasteiger partial charge >= 0.3 is 5.97 Å². The molecule has 6 heteroatoms. The van der Waals surface area contributed by atoms with Gasteiger partial charge in [-0.25, -0.2) is 4.79 Å². The largest absolute Gasteiger partial charge is 0.479 e. The van der Waals surface area contributed by atoms with Gasteiger partial charge in [0.05, 0.1) is 13.2 Å². The van der Waals surface area contributed by atoms with Gasteiger partial charge in [-0.15, -0.1) is 0 Å². The number of nitrogens with zero attached hydrogens (tertiary/aromatic N) is 2. The number of carboxylic acids is 1. The van der Waals surface area contributed by atoms with Crippen LogP contribution in [0.2, 0.25) is 0 Å². The van der Waals surface area contributed by atoms with Gasteiger partial charge in [-0.2, -0.15) is 0 Å². The summed E-state index contributed by atoms with van der Waals surface area (Å²) >= 11 is 0. The number of aliphatic carboxylic acids is 1. The number of carbonyl (C=O) groups excluding carboxylic acids is 1. The molecule has 6 nitrogen and oxygen atoms in total. The van der Waals surface area contributed by atoms with Gasteiger partial charge in [-0.1, -0.05) is 12.1 Å². The predicted molar refractivity (Wildman–Crippen MR) is 77.1 cm³/mol. The van der Waals surface area contributed by atoms with Gasteiger partial charge in [0.15, 0.2) is 6.10 Å². The quantitative estimate of drug-likeness (QED) is 0.883. The van der Waals surface area contributed by atoms with E-state index in [-0.39, 0.29) is 19.1 Å². The minimum absolute atomic E-state index is 0.0909. The third-order valence-corrected chi connectivity index (χ3v) is 3.33. The van der Waals surface area contributed by atoms with Crippen LogP contribution in [0.4, 0.5) is 0 Å². The van der Waals surface area contributed by atoms with E-state index < -0.39 is 12.1 Å². The Hall–Kier alpha value is -1.92. The van der Waals surface area contributed by atoms with Crippen LogP contribution in [0.5, 0.6) is 0 Å². The first kappa shape index (κ1) is 15.5. The van der Waals surface area contributed by atoms with Crippen LogP contribution in [-0.2, 0) is 16.1 Å². The van der Waals surface area contributed by atoms with Crippen LogP contribution in [-0.4, -0.2) is 66.7 Å². The highest BCUT2D eigenvalue weighted by Gasteiger charge is 2.29. The first-order valence-electron chi connectivity index (χ1n) is 6.84. The Bertz CT molecular complexity index is 513. The van der Waals surface area contributed by atoms with Crippen molar-refractivity contribution in [2.75, 3.05) is 33.8 Å². The average molecular weight is 292 g/mol. The van der Waals surface area contributed by atoms with E-state index in [0.717, 1.165) is 12.1 Å². The Labute approximate surface area is 123 Å². The SMILES string of the molecule is CN(C)Cc1ccc(C(=O)N2CCOC(C(=O)O)C2)cc1. The molecule has 1 aromatic carbocycles. The van der Waals surface area contributed by atoms with E-state index in [4.69, 9.17) is 9.84 Å². The first-order chi connectivity index (χ1) is 9.97. The van der Waals surface area contributed by atoms with Crippen LogP contribution in [0, 0.1) is 0 Å². The van der Waals surface area contributed by atoms with Gasteiger partial charge in [-0.05, 0) is 31.8 Å². The van der Waals surface area contributed by atoms with Crippen molar-refractivity contribution in [3.05, 3.63) is 35.4 Å². The molecule has 1 heterocycles. The maximum atomic E-state index is 12.4. The highest BCUT2D eigenvalue weighted by molar-refractivity contribution is 5.94. The topological polar surface area (TPSA) is 70.1 Å². The number of ether oxygens (including phenoxy) is 1. The molecule has 1 unspecified atom stereocenters. The molecule has 0 spiro atoms. The van der Waals surface area contributed by atoms with Gasteiger partial charge < -0.3 is 19.6 Å². The Kier molecular flexibility index (Phi) is 4.93. The second-order valence-corrected chi connectivity index (χ2v) is 5.38. The average Bonchev–Trinajstić information content (AvgIpc) is 2.47. The molecule has 0 saturated carbocycles. The number of rotatable bonds is 4. The smallest absolute Gasteiger partial charge is 0.334 e. The standard InChI is InChI=1S/C15H20N2O4/c1-16(2)9-11-3-5-12(6-4-11)14(18)17-7-8-21-13(10-17)15(19)20/h3-6,13H,7-10H2,1-2H3,(H,19,20). The molecular weight excluding hydrogens is 272 g/mol. The van der Waals surface area contributed by atoms with Gasteiger partial charge in [0.1, 0.15) is 0 Å². The summed E-state index contributed by atoms with van der Waals surface area (Å²) < 4.78 is 5.12. The zero-order chi connectivity index (χ0) is 15.4. The number of benzene rings is 1. The zero-order valence-electron chi connectivity index (χ0n) is 12.3. The van der Waals surface area contributed by atoms with E-state index in [1.54, 1.807) is 12.1 Å². The van der Waals surface area contributed by atoms with Crippen LogP contribution in [0.25, 0.3) is 0 Å². The molecular formula is C15H20N2O4. The summed E-state index contributed by atoms with van der Waals surface area (Å²) in [5.74, 6) is -1.19. The fraction of sp³-hybridized carbons (Fsp3) is 0.467. The Morgan fingerprint density at radius 2 is 2.00 bits per heavy atom. The lowest BCUT2D eigenvalue weighted by molar-refractivity contribution is -0.154.